The van der Waals surface area contributed by atoms with Crippen molar-refractivity contribution >= 4 is 17.5 Å². The van der Waals surface area contributed by atoms with Gasteiger partial charge < -0.3 is 19.5 Å². The van der Waals surface area contributed by atoms with E-state index >= 15 is 0 Å². The van der Waals surface area contributed by atoms with Crippen LogP contribution in [0.5, 0.6) is 17.2 Å². The third-order valence-corrected chi connectivity index (χ3v) is 3.99. The van der Waals surface area contributed by atoms with Crippen molar-refractivity contribution in [3.63, 3.8) is 0 Å². The third kappa shape index (κ3) is 3.57. The molecular weight excluding hydrogens is 330 g/mol. The maximum absolute atomic E-state index is 12.3. The van der Waals surface area contributed by atoms with Crippen LogP contribution in [0.4, 0.5) is 0 Å². The molecule has 1 heterocycles. The van der Waals surface area contributed by atoms with Gasteiger partial charge in [0, 0.05) is 6.54 Å². The first-order chi connectivity index (χ1) is 11.7. The molecule has 3 rings (SSSR count). The largest absolute Gasteiger partial charge is 0.496 e. The van der Waals surface area contributed by atoms with Crippen LogP contribution in [0.1, 0.15) is 15.9 Å². The van der Waals surface area contributed by atoms with Crippen LogP contribution in [0, 0.1) is 0 Å². The first-order valence-electron chi connectivity index (χ1n) is 7.68. The molecule has 0 atom stereocenters. The minimum Gasteiger partial charge on any atom is -0.496 e. The molecule has 0 radical (unpaired) electrons. The van der Waals surface area contributed by atoms with E-state index < -0.39 is 0 Å². The zero-order valence-corrected chi connectivity index (χ0v) is 14.1. The van der Waals surface area contributed by atoms with E-state index in [-0.39, 0.29) is 5.91 Å². The highest BCUT2D eigenvalue weighted by Gasteiger charge is 2.17. The Morgan fingerprint density at radius 1 is 1.25 bits per heavy atom. The maximum atomic E-state index is 12.3. The normalized spacial score (nSPS) is 12.6. The average molecular weight is 348 g/mol. The average Bonchev–Trinajstić information content (AvgIpc) is 2.61. The molecule has 6 heteroatoms. The molecule has 5 nitrogen and oxygen atoms in total. The number of fused-ring (bicyclic) bond motifs is 1. The summed E-state index contributed by atoms with van der Waals surface area (Å²) in [5, 5.41) is 3.41. The molecule has 0 saturated heterocycles. The second kappa shape index (κ2) is 7.45. The van der Waals surface area contributed by atoms with Crippen molar-refractivity contribution in [2.45, 2.75) is 6.42 Å². The van der Waals surface area contributed by atoms with Gasteiger partial charge in [-0.2, -0.15) is 0 Å². The lowest BCUT2D eigenvalue weighted by molar-refractivity contribution is 0.0951. The Kier molecular flexibility index (Phi) is 5.11. The predicted molar refractivity (Wildman–Crippen MR) is 91.5 cm³/mol. The molecule has 0 aliphatic carbocycles. The van der Waals surface area contributed by atoms with Gasteiger partial charge in [0.05, 0.1) is 17.7 Å². The first kappa shape index (κ1) is 16.5. The van der Waals surface area contributed by atoms with Crippen molar-refractivity contribution in [3.05, 3.63) is 52.5 Å². The smallest absolute Gasteiger partial charge is 0.255 e. The number of benzene rings is 2. The molecule has 1 aliphatic rings. The zero-order chi connectivity index (χ0) is 16.9. The molecule has 2 aromatic carbocycles. The summed E-state index contributed by atoms with van der Waals surface area (Å²) in [5.41, 5.74) is 1.49. The number of ether oxygens (including phenoxy) is 3. The first-order valence-corrected chi connectivity index (χ1v) is 8.06. The Hall–Kier alpha value is -2.40. The monoisotopic (exact) mass is 347 g/mol. The van der Waals surface area contributed by atoms with Crippen molar-refractivity contribution in [2.75, 3.05) is 26.9 Å². The molecule has 1 amide bonds. The highest BCUT2D eigenvalue weighted by Crippen LogP contribution is 2.38. The number of hydrogen-bond donors (Lipinski definition) is 1. The van der Waals surface area contributed by atoms with E-state index in [1.54, 1.807) is 25.3 Å². The van der Waals surface area contributed by atoms with Crippen LogP contribution in [0.15, 0.2) is 36.4 Å². The fourth-order valence-corrected chi connectivity index (χ4v) is 2.84. The molecule has 0 aromatic heterocycles. The molecule has 0 fully saturated rings. The second-order valence-electron chi connectivity index (χ2n) is 5.31. The van der Waals surface area contributed by atoms with Gasteiger partial charge >= 0.3 is 0 Å². The fourth-order valence-electron chi connectivity index (χ4n) is 2.56. The summed E-state index contributed by atoms with van der Waals surface area (Å²) in [6.07, 6.45) is 0.636. The lowest BCUT2D eigenvalue weighted by atomic mass is 10.1. The van der Waals surface area contributed by atoms with Gasteiger partial charge in [-0.1, -0.05) is 23.7 Å². The number of amides is 1. The van der Waals surface area contributed by atoms with Crippen molar-refractivity contribution in [2.24, 2.45) is 0 Å². The van der Waals surface area contributed by atoms with Gasteiger partial charge in [0.15, 0.2) is 11.5 Å². The predicted octanol–water partition coefficient (Wildman–Crippen LogP) is 3.09. The van der Waals surface area contributed by atoms with E-state index in [9.17, 15) is 4.79 Å². The number of nitrogens with one attached hydrogen (secondary N) is 1. The van der Waals surface area contributed by atoms with Gasteiger partial charge in [0.1, 0.15) is 19.0 Å². The summed E-state index contributed by atoms with van der Waals surface area (Å²) < 4.78 is 16.3. The quantitative estimate of drug-likeness (QED) is 0.903. The third-order valence-electron chi connectivity index (χ3n) is 3.71. The summed E-state index contributed by atoms with van der Waals surface area (Å²) in [6, 6.07) is 10.9. The number of halogens is 1. The number of para-hydroxylation sites is 1. The highest BCUT2D eigenvalue weighted by atomic mass is 35.5. The molecule has 0 spiro atoms. The van der Waals surface area contributed by atoms with E-state index in [1.807, 2.05) is 18.2 Å². The molecule has 2 aromatic rings. The molecule has 1 N–H and O–H groups in total. The highest BCUT2D eigenvalue weighted by molar-refractivity contribution is 6.32. The molecule has 0 unspecified atom stereocenters. The van der Waals surface area contributed by atoms with E-state index in [0.29, 0.717) is 54.0 Å². The minimum atomic E-state index is -0.170. The standard InChI is InChI=1S/C18H18ClNO4/c1-22-15-5-3-2-4-13(15)18(21)20-7-6-12-10-14(19)17-16(11-12)23-8-9-24-17/h2-5,10-11H,6-9H2,1H3,(H,20,21). The van der Waals surface area contributed by atoms with Crippen LogP contribution >= 0.6 is 11.6 Å². The summed E-state index contributed by atoms with van der Waals surface area (Å²) in [6.45, 7) is 1.49. The fraction of sp³-hybridized carbons (Fsp3) is 0.278. The summed E-state index contributed by atoms with van der Waals surface area (Å²) in [5.74, 6) is 1.62. The van der Waals surface area contributed by atoms with E-state index in [4.69, 9.17) is 25.8 Å². The molecular formula is C18H18ClNO4. The van der Waals surface area contributed by atoms with Crippen LogP contribution in [-0.4, -0.2) is 32.8 Å². The van der Waals surface area contributed by atoms with Crippen LogP contribution in [0.2, 0.25) is 5.02 Å². The van der Waals surface area contributed by atoms with Crippen molar-refractivity contribution in [1.29, 1.82) is 0 Å². The number of carbonyl (C=O) groups is 1. The van der Waals surface area contributed by atoms with Gasteiger partial charge in [-0.05, 0) is 36.2 Å². The van der Waals surface area contributed by atoms with Crippen molar-refractivity contribution < 1.29 is 19.0 Å². The molecule has 126 valence electrons. The summed E-state index contributed by atoms with van der Waals surface area (Å²) in [4.78, 5) is 12.3. The minimum absolute atomic E-state index is 0.170. The molecule has 1 aliphatic heterocycles. The van der Waals surface area contributed by atoms with Crippen LogP contribution in [0.25, 0.3) is 0 Å². The molecule has 24 heavy (non-hydrogen) atoms. The van der Waals surface area contributed by atoms with E-state index in [0.717, 1.165) is 5.56 Å². The number of rotatable bonds is 5. The van der Waals surface area contributed by atoms with Crippen molar-refractivity contribution in [3.8, 4) is 17.2 Å². The lowest BCUT2D eigenvalue weighted by Crippen LogP contribution is -2.26. The maximum Gasteiger partial charge on any atom is 0.255 e. The summed E-state index contributed by atoms with van der Waals surface area (Å²) >= 11 is 6.22. The van der Waals surface area contributed by atoms with Gasteiger partial charge in [-0.25, -0.2) is 0 Å². The van der Waals surface area contributed by atoms with Gasteiger partial charge in [0.25, 0.3) is 5.91 Å². The van der Waals surface area contributed by atoms with Crippen LogP contribution < -0.4 is 19.5 Å². The van der Waals surface area contributed by atoms with E-state index in [1.165, 1.54) is 0 Å². The number of carbonyl (C=O) groups excluding carboxylic acids is 1. The Balaban J connectivity index is 1.62. The van der Waals surface area contributed by atoms with Gasteiger partial charge in [-0.15, -0.1) is 0 Å². The topological polar surface area (TPSA) is 56.8 Å². The van der Waals surface area contributed by atoms with Crippen LogP contribution in [-0.2, 0) is 6.42 Å². The van der Waals surface area contributed by atoms with E-state index in [2.05, 4.69) is 5.32 Å². The Morgan fingerprint density at radius 2 is 2.04 bits per heavy atom. The zero-order valence-electron chi connectivity index (χ0n) is 13.3. The number of hydrogen-bond acceptors (Lipinski definition) is 4. The van der Waals surface area contributed by atoms with Gasteiger partial charge in [0.2, 0.25) is 0 Å². The summed E-state index contributed by atoms with van der Waals surface area (Å²) in [7, 11) is 1.54. The van der Waals surface area contributed by atoms with Gasteiger partial charge in [-0.3, -0.25) is 4.79 Å². The van der Waals surface area contributed by atoms with Crippen molar-refractivity contribution in [1.82, 2.24) is 5.32 Å². The lowest BCUT2D eigenvalue weighted by Gasteiger charge is -2.20. The Labute approximate surface area is 145 Å². The Morgan fingerprint density at radius 3 is 2.88 bits per heavy atom. The molecule has 0 saturated carbocycles. The number of methoxy groups -OCH3 is 1. The second-order valence-corrected chi connectivity index (χ2v) is 5.72. The molecule has 0 bridgehead atoms. The SMILES string of the molecule is COc1ccccc1C(=O)NCCc1cc(Cl)c2c(c1)OCCO2. The van der Waals surface area contributed by atoms with Crippen LogP contribution in [0.3, 0.4) is 0 Å². The Bertz CT molecular complexity index is 748.